The van der Waals surface area contributed by atoms with Crippen LogP contribution >= 0.6 is 0 Å². The fraction of sp³-hybridized carbons (Fsp3) is 0.0714. The average molecular weight is 548 g/mol. The minimum atomic E-state index is -4.42. The van der Waals surface area contributed by atoms with Gasteiger partial charge in [0, 0.05) is 35.3 Å². The molecule has 5 rings (SSSR count). The number of pyridine rings is 2. The van der Waals surface area contributed by atoms with Gasteiger partial charge in [-0.15, -0.1) is 0 Å². The summed E-state index contributed by atoms with van der Waals surface area (Å²) in [6, 6.07) is 18.8. The molecule has 0 unspecified atom stereocenters. The van der Waals surface area contributed by atoms with Crippen LogP contribution in [0.5, 0.6) is 5.88 Å². The molecule has 0 aliphatic heterocycles. The van der Waals surface area contributed by atoms with Gasteiger partial charge in [-0.3, -0.25) is 4.72 Å². The number of nitrogens with zero attached hydrogens (tertiary/aromatic N) is 2. The van der Waals surface area contributed by atoms with E-state index in [-0.39, 0.29) is 11.6 Å². The van der Waals surface area contributed by atoms with E-state index in [1.165, 1.54) is 19.4 Å². The zero-order valence-electron chi connectivity index (χ0n) is 20.7. The molecule has 0 radical (unpaired) electrons. The molecule has 198 valence electrons. The van der Waals surface area contributed by atoms with Gasteiger partial charge < -0.3 is 16.2 Å². The smallest absolute Gasteiger partial charge is 0.264 e. The molecule has 0 aliphatic carbocycles. The summed E-state index contributed by atoms with van der Waals surface area (Å²) >= 11 is 0. The number of hydrogen-bond acceptors (Lipinski definition) is 7. The first-order chi connectivity index (χ1) is 18.7. The summed E-state index contributed by atoms with van der Waals surface area (Å²) in [4.78, 5) is 8.05. The lowest BCUT2D eigenvalue weighted by Crippen LogP contribution is -2.15. The number of nitrogens with one attached hydrogen (secondary N) is 1. The monoisotopic (exact) mass is 547 g/mol. The van der Waals surface area contributed by atoms with E-state index in [1.54, 1.807) is 12.1 Å². The molecule has 0 atom stereocenters. The summed E-state index contributed by atoms with van der Waals surface area (Å²) in [6.45, 7) is 0.392. The van der Waals surface area contributed by atoms with Gasteiger partial charge in [0.25, 0.3) is 10.0 Å². The Morgan fingerprint density at radius 1 is 0.949 bits per heavy atom. The Balaban J connectivity index is 1.55. The van der Waals surface area contributed by atoms with Gasteiger partial charge in [-0.05, 0) is 59.2 Å². The summed E-state index contributed by atoms with van der Waals surface area (Å²) < 4.78 is 60.8. The van der Waals surface area contributed by atoms with Gasteiger partial charge in [0.15, 0.2) is 0 Å². The number of hydrogen-bond donors (Lipinski definition) is 3. The second-order valence-corrected chi connectivity index (χ2v) is 10.3. The van der Waals surface area contributed by atoms with Gasteiger partial charge in [-0.2, -0.15) is 0 Å². The van der Waals surface area contributed by atoms with Crippen molar-refractivity contribution in [1.82, 2.24) is 9.97 Å². The molecule has 0 spiro atoms. The molecule has 5 aromatic rings. The fourth-order valence-electron chi connectivity index (χ4n) is 4.21. The van der Waals surface area contributed by atoms with Crippen molar-refractivity contribution in [1.29, 1.82) is 0 Å². The molecule has 0 saturated carbocycles. The van der Waals surface area contributed by atoms with E-state index in [0.29, 0.717) is 35.1 Å². The highest BCUT2D eigenvalue weighted by atomic mass is 32.2. The molecule has 0 aliphatic rings. The molecule has 0 amide bonds. The van der Waals surface area contributed by atoms with Crippen LogP contribution in [0.15, 0.2) is 83.9 Å². The Morgan fingerprint density at radius 2 is 1.77 bits per heavy atom. The van der Waals surface area contributed by atoms with Crippen LogP contribution in [-0.2, 0) is 16.6 Å². The Hall–Kier alpha value is -4.61. The maximum atomic E-state index is 14.2. The van der Waals surface area contributed by atoms with Crippen LogP contribution < -0.4 is 20.9 Å². The quantitative estimate of drug-likeness (QED) is 0.258. The first-order valence-corrected chi connectivity index (χ1v) is 13.2. The van der Waals surface area contributed by atoms with Gasteiger partial charge >= 0.3 is 0 Å². The Labute approximate surface area is 223 Å². The number of halogens is 2. The molecule has 0 saturated heterocycles. The highest BCUT2D eigenvalue weighted by Crippen LogP contribution is 2.34. The lowest BCUT2D eigenvalue weighted by molar-refractivity contribution is 0.400. The number of rotatable bonds is 7. The molecular weight excluding hydrogens is 524 g/mol. The number of methoxy groups -OCH3 is 1. The molecule has 5 N–H and O–H groups in total. The minimum Gasteiger partial charge on any atom is -0.480 e. The summed E-state index contributed by atoms with van der Waals surface area (Å²) in [5.41, 5.74) is 16.5. The zero-order valence-corrected chi connectivity index (χ0v) is 21.5. The van der Waals surface area contributed by atoms with E-state index < -0.39 is 26.6 Å². The Morgan fingerprint density at radius 3 is 2.51 bits per heavy atom. The third-order valence-corrected chi connectivity index (χ3v) is 7.52. The lowest BCUT2D eigenvalue weighted by atomic mass is 9.99. The summed E-state index contributed by atoms with van der Waals surface area (Å²) in [5.74, 6) is -1.77. The van der Waals surface area contributed by atoms with E-state index in [4.69, 9.17) is 16.2 Å². The highest BCUT2D eigenvalue weighted by Gasteiger charge is 2.22. The van der Waals surface area contributed by atoms with Crippen molar-refractivity contribution in [2.75, 3.05) is 17.6 Å². The van der Waals surface area contributed by atoms with Crippen LogP contribution in [0.3, 0.4) is 0 Å². The number of fused-ring (bicyclic) bond motifs is 1. The number of benzene rings is 3. The zero-order chi connectivity index (χ0) is 27.7. The van der Waals surface area contributed by atoms with Crippen molar-refractivity contribution >= 4 is 32.4 Å². The molecular formula is C28H23F2N5O3S. The van der Waals surface area contributed by atoms with E-state index in [2.05, 4.69) is 14.7 Å². The van der Waals surface area contributed by atoms with E-state index in [9.17, 15) is 17.2 Å². The standard InChI is InChI=1S/C28H23F2N5O3S/c1-38-28-25(35-39(36,37)26-8-6-21(29)13-23(26)30)12-20(15-33-28)17-5-7-24-19(10-17)11-22(27(32)34-24)18-4-2-3-16(9-18)14-31/h2-13,15,35H,14,31H2,1H3,(H2,32,34). The maximum Gasteiger partial charge on any atom is 0.264 e. The molecule has 0 fully saturated rings. The number of ether oxygens (including phenoxy) is 1. The van der Waals surface area contributed by atoms with Crippen molar-refractivity contribution in [3.8, 4) is 28.1 Å². The van der Waals surface area contributed by atoms with Gasteiger partial charge in [0.1, 0.15) is 28.0 Å². The molecule has 39 heavy (non-hydrogen) atoms. The van der Waals surface area contributed by atoms with Crippen molar-refractivity contribution in [3.05, 3.63) is 96.2 Å². The Bertz CT molecular complexity index is 1830. The van der Waals surface area contributed by atoms with Gasteiger partial charge in [0.05, 0.1) is 12.6 Å². The number of anilines is 2. The summed E-state index contributed by atoms with van der Waals surface area (Å²) in [7, 11) is -3.09. The number of nitrogens with two attached hydrogens (primary N) is 2. The largest absolute Gasteiger partial charge is 0.480 e. The maximum absolute atomic E-state index is 14.2. The van der Waals surface area contributed by atoms with Crippen molar-refractivity contribution in [2.24, 2.45) is 5.73 Å². The first kappa shape index (κ1) is 26.0. The first-order valence-electron chi connectivity index (χ1n) is 11.7. The van der Waals surface area contributed by atoms with Crippen LogP contribution in [0.1, 0.15) is 5.56 Å². The van der Waals surface area contributed by atoms with E-state index in [0.717, 1.165) is 34.2 Å². The SMILES string of the molecule is COc1ncc(-c2ccc3nc(N)c(-c4cccc(CN)c4)cc3c2)cc1NS(=O)(=O)c1ccc(F)cc1F. The van der Waals surface area contributed by atoms with Gasteiger partial charge in [-0.25, -0.2) is 27.2 Å². The molecule has 11 heteroatoms. The topological polar surface area (TPSA) is 133 Å². The summed E-state index contributed by atoms with van der Waals surface area (Å²) in [5, 5.41) is 0.793. The third kappa shape index (κ3) is 5.22. The predicted octanol–water partition coefficient (Wildman–Crippen LogP) is 5.09. The second-order valence-electron chi connectivity index (χ2n) is 8.69. The molecule has 0 bridgehead atoms. The number of nitrogen functional groups attached to an aromatic ring is 1. The highest BCUT2D eigenvalue weighted by molar-refractivity contribution is 7.92. The predicted molar refractivity (Wildman–Crippen MR) is 146 cm³/mol. The molecule has 2 heterocycles. The second kappa shape index (κ2) is 10.3. The van der Waals surface area contributed by atoms with Crippen LogP contribution in [0.25, 0.3) is 33.2 Å². The van der Waals surface area contributed by atoms with Crippen LogP contribution in [0.4, 0.5) is 20.3 Å². The third-order valence-electron chi connectivity index (χ3n) is 6.12. The normalized spacial score (nSPS) is 11.5. The molecule has 3 aromatic carbocycles. The molecule has 2 aromatic heterocycles. The molecule has 8 nitrogen and oxygen atoms in total. The van der Waals surface area contributed by atoms with Gasteiger partial charge in [-0.1, -0.05) is 24.3 Å². The van der Waals surface area contributed by atoms with Crippen LogP contribution in [0.2, 0.25) is 0 Å². The van der Waals surface area contributed by atoms with Crippen LogP contribution in [0, 0.1) is 11.6 Å². The average Bonchev–Trinajstić information content (AvgIpc) is 2.92. The lowest BCUT2D eigenvalue weighted by Gasteiger charge is -2.14. The van der Waals surface area contributed by atoms with Crippen LogP contribution in [-0.4, -0.2) is 25.5 Å². The van der Waals surface area contributed by atoms with Gasteiger partial charge in [0.2, 0.25) is 5.88 Å². The van der Waals surface area contributed by atoms with E-state index in [1.807, 2.05) is 36.4 Å². The Kier molecular flexibility index (Phi) is 6.85. The fourth-order valence-corrected chi connectivity index (χ4v) is 5.32. The van der Waals surface area contributed by atoms with Crippen molar-refractivity contribution in [2.45, 2.75) is 11.4 Å². The van der Waals surface area contributed by atoms with E-state index >= 15 is 0 Å². The minimum absolute atomic E-state index is 0.0199. The number of sulfonamides is 1. The number of aromatic nitrogens is 2. The van der Waals surface area contributed by atoms with Crippen molar-refractivity contribution in [3.63, 3.8) is 0 Å². The summed E-state index contributed by atoms with van der Waals surface area (Å²) in [6.07, 6.45) is 1.52. The van der Waals surface area contributed by atoms with Crippen molar-refractivity contribution < 1.29 is 21.9 Å².